The van der Waals surface area contributed by atoms with E-state index in [1.54, 1.807) is 0 Å². The lowest BCUT2D eigenvalue weighted by Gasteiger charge is -2.19. The van der Waals surface area contributed by atoms with Crippen molar-refractivity contribution in [3.63, 3.8) is 0 Å². The van der Waals surface area contributed by atoms with Gasteiger partial charge < -0.3 is 10.3 Å². The molecule has 3 heterocycles. The van der Waals surface area contributed by atoms with Gasteiger partial charge in [0.15, 0.2) is 5.82 Å². The minimum atomic E-state index is 0.826. The number of H-pyrrole nitrogens is 1. The molecule has 0 saturated heterocycles. The summed E-state index contributed by atoms with van der Waals surface area (Å²) in [6.45, 7) is 4.07. The van der Waals surface area contributed by atoms with Crippen molar-refractivity contribution >= 4 is 0 Å². The van der Waals surface area contributed by atoms with Crippen LogP contribution in [0.1, 0.15) is 23.9 Å². The number of nitrogens with one attached hydrogen (secondary N) is 2. The Hall–Kier alpha value is -1.68. The fourth-order valence-corrected chi connectivity index (χ4v) is 2.30. The predicted octanol–water partition coefficient (Wildman–Crippen LogP) is 1.68. The first-order valence-electron chi connectivity index (χ1n) is 6.11. The lowest BCUT2D eigenvalue weighted by atomic mass is 10.0. The van der Waals surface area contributed by atoms with E-state index in [4.69, 9.17) is 0 Å². The highest BCUT2D eigenvalue weighted by Gasteiger charge is 2.17. The summed E-state index contributed by atoms with van der Waals surface area (Å²) in [6, 6.07) is 3.99. The molecule has 0 bridgehead atoms. The second-order valence-electron chi connectivity index (χ2n) is 4.28. The van der Waals surface area contributed by atoms with E-state index in [1.165, 1.54) is 17.0 Å². The van der Waals surface area contributed by atoms with E-state index in [9.17, 15) is 0 Å². The van der Waals surface area contributed by atoms with Gasteiger partial charge in [0.2, 0.25) is 0 Å². The van der Waals surface area contributed by atoms with Gasteiger partial charge in [0.25, 0.3) is 0 Å². The smallest absolute Gasteiger partial charge is 0.176 e. The normalized spacial score (nSPS) is 14.6. The first kappa shape index (κ1) is 10.5. The largest absolute Gasteiger partial charge is 0.359 e. The van der Waals surface area contributed by atoms with Crippen LogP contribution in [0.2, 0.25) is 0 Å². The number of hydrogen-bond acceptors (Lipinski definition) is 3. The van der Waals surface area contributed by atoms with Gasteiger partial charge in [0, 0.05) is 37.0 Å². The summed E-state index contributed by atoms with van der Waals surface area (Å²) in [7, 11) is 0. The van der Waals surface area contributed by atoms with Crippen LogP contribution in [-0.2, 0) is 19.4 Å². The molecule has 17 heavy (non-hydrogen) atoms. The number of aryl methyl sites for hydroxylation is 1. The minimum Gasteiger partial charge on any atom is -0.359 e. The second kappa shape index (κ2) is 4.30. The van der Waals surface area contributed by atoms with Gasteiger partial charge in [-0.1, -0.05) is 6.92 Å². The molecule has 0 saturated carbocycles. The average Bonchev–Trinajstić information content (AvgIpc) is 2.91. The Morgan fingerprint density at radius 2 is 2.29 bits per heavy atom. The van der Waals surface area contributed by atoms with E-state index in [-0.39, 0.29) is 0 Å². The molecule has 0 fully saturated rings. The topological polar surface area (TPSA) is 53.6 Å². The van der Waals surface area contributed by atoms with Crippen LogP contribution in [0.3, 0.4) is 0 Å². The molecular formula is C13H16N4. The van der Waals surface area contributed by atoms with Crippen molar-refractivity contribution in [2.24, 2.45) is 0 Å². The average molecular weight is 228 g/mol. The molecule has 4 heteroatoms. The van der Waals surface area contributed by atoms with Crippen LogP contribution in [0.4, 0.5) is 0 Å². The summed E-state index contributed by atoms with van der Waals surface area (Å²) >= 11 is 0. The number of rotatable bonds is 2. The van der Waals surface area contributed by atoms with E-state index in [1.807, 2.05) is 18.3 Å². The third-order valence-electron chi connectivity index (χ3n) is 3.19. The Balaban J connectivity index is 2.12. The molecule has 0 atom stereocenters. The van der Waals surface area contributed by atoms with Crippen LogP contribution in [0.15, 0.2) is 18.3 Å². The van der Waals surface area contributed by atoms with E-state index in [0.717, 1.165) is 37.4 Å². The fourth-order valence-electron chi connectivity index (χ4n) is 2.30. The van der Waals surface area contributed by atoms with Crippen LogP contribution in [0.5, 0.6) is 0 Å². The third-order valence-corrected chi connectivity index (χ3v) is 3.19. The molecule has 2 aromatic rings. The van der Waals surface area contributed by atoms with Crippen LogP contribution < -0.4 is 5.32 Å². The number of fused-ring (bicyclic) bond motifs is 1. The zero-order valence-corrected chi connectivity index (χ0v) is 9.95. The van der Waals surface area contributed by atoms with Gasteiger partial charge in [-0.25, -0.2) is 9.97 Å². The fraction of sp³-hybridized carbons (Fsp3) is 0.385. The van der Waals surface area contributed by atoms with E-state index < -0.39 is 0 Å². The Labute approximate surface area is 101 Å². The van der Waals surface area contributed by atoms with Crippen molar-refractivity contribution in [2.75, 3.05) is 6.54 Å². The van der Waals surface area contributed by atoms with Gasteiger partial charge in [-0.2, -0.15) is 0 Å². The summed E-state index contributed by atoms with van der Waals surface area (Å²) in [6.07, 6.45) is 3.87. The third kappa shape index (κ3) is 1.85. The molecular weight excluding hydrogens is 212 g/mol. The molecule has 2 N–H and O–H groups in total. The Bertz CT molecular complexity index is 499. The monoisotopic (exact) mass is 228 g/mol. The van der Waals surface area contributed by atoms with Gasteiger partial charge in [-0.15, -0.1) is 0 Å². The highest BCUT2D eigenvalue weighted by molar-refractivity contribution is 5.51. The Morgan fingerprint density at radius 3 is 3.06 bits per heavy atom. The second-order valence-corrected chi connectivity index (χ2v) is 4.28. The molecule has 1 aliphatic heterocycles. The molecule has 0 unspecified atom stereocenters. The summed E-state index contributed by atoms with van der Waals surface area (Å²) in [5.41, 5.74) is 4.68. The molecule has 88 valence electrons. The SMILES string of the molecule is CCc1nc(-c2ccc[nH]2)nc2c1CNCC2. The zero-order valence-electron chi connectivity index (χ0n) is 9.95. The molecule has 3 rings (SSSR count). The highest BCUT2D eigenvalue weighted by atomic mass is 15.0. The van der Waals surface area contributed by atoms with Crippen molar-refractivity contribution in [1.29, 1.82) is 0 Å². The van der Waals surface area contributed by atoms with Gasteiger partial charge in [0.1, 0.15) is 0 Å². The molecule has 2 aromatic heterocycles. The Morgan fingerprint density at radius 1 is 1.35 bits per heavy atom. The van der Waals surface area contributed by atoms with Crippen LogP contribution in [0.25, 0.3) is 11.5 Å². The summed E-state index contributed by atoms with van der Waals surface area (Å²) < 4.78 is 0. The summed E-state index contributed by atoms with van der Waals surface area (Å²) in [5.74, 6) is 0.826. The summed E-state index contributed by atoms with van der Waals surface area (Å²) in [5, 5.41) is 3.38. The Kier molecular flexibility index (Phi) is 2.65. The van der Waals surface area contributed by atoms with Crippen molar-refractivity contribution in [3.8, 4) is 11.5 Å². The van der Waals surface area contributed by atoms with Crippen molar-refractivity contribution in [2.45, 2.75) is 26.3 Å². The first-order chi connectivity index (χ1) is 8.38. The van der Waals surface area contributed by atoms with Crippen LogP contribution >= 0.6 is 0 Å². The molecule has 4 nitrogen and oxygen atoms in total. The van der Waals surface area contributed by atoms with Crippen molar-refractivity contribution in [3.05, 3.63) is 35.3 Å². The van der Waals surface area contributed by atoms with Crippen LogP contribution in [-0.4, -0.2) is 21.5 Å². The predicted molar refractivity (Wildman–Crippen MR) is 66.6 cm³/mol. The maximum Gasteiger partial charge on any atom is 0.176 e. The molecule has 0 spiro atoms. The maximum atomic E-state index is 4.68. The van der Waals surface area contributed by atoms with E-state index >= 15 is 0 Å². The molecule has 1 aliphatic rings. The van der Waals surface area contributed by atoms with Crippen molar-refractivity contribution < 1.29 is 0 Å². The lowest BCUT2D eigenvalue weighted by molar-refractivity contribution is 0.618. The number of nitrogens with zero attached hydrogens (tertiary/aromatic N) is 2. The van der Waals surface area contributed by atoms with E-state index in [2.05, 4.69) is 27.2 Å². The van der Waals surface area contributed by atoms with Crippen molar-refractivity contribution in [1.82, 2.24) is 20.3 Å². The molecule has 0 amide bonds. The quantitative estimate of drug-likeness (QED) is 0.822. The standard InChI is InChI=1S/C13H16N4/c1-2-10-9-8-14-7-5-11(9)17-13(16-10)12-4-3-6-15-12/h3-4,6,14-15H,2,5,7-8H2,1H3. The van der Waals surface area contributed by atoms with E-state index in [0.29, 0.717) is 0 Å². The first-order valence-corrected chi connectivity index (χ1v) is 6.11. The minimum absolute atomic E-state index is 0.826. The van der Waals surface area contributed by atoms with Gasteiger partial charge >= 0.3 is 0 Å². The van der Waals surface area contributed by atoms with Gasteiger partial charge in [0.05, 0.1) is 11.4 Å². The maximum absolute atomic E-state index is 4.68. The molecule has 0 aromatic carbocycles. The number of hydrogen-bond donors (Lipinski definition) is 2. The lowest BCUT2D eigenvalue weighted by Crippen LogP contribution is -2.26. The van der Waals surface area contributed by atoms with Gasteiger partial charge in [-0.05, 0) is 18.6 Å². The summed E-state index contributed by atoms with van der Waals surface area (Å²) in [4.78, 5) is 12.5. The van der Waals surface area contributed by atoms with Gasteiger partial charge in [-0.3, -0.25) is 0 Å². The highest BCUT2D eigenvalue weighted by Crippen LogP contribution is 2.20. The zero-order chi connectivity index (χ0) is 11.7. The number of aromatic nitrogens is 3. The molecule has 0 radical (unpaired) electrons. The molecule has 0 aliphatic carbocycles. The number of aromatic amines is 1. The van der Waals surface area contributed by atoms with Crippen LogP contribution in [0, 0.1) is 0 Å².